The Morgan fingerprint density at radius 3 is 2.87 bits per heavy atom. The molecule has 7 nitrogen and oxygen atoms in total. The highest BCUT2D eigenvalue weighted by Crippen LogP contribution is 2.28. The second kappa shape index (κ2) is 9.07. The third-order valence-corrected chi connectivity index (χ3v) is 5.48. The molecule has 2 aliphatic rings. The molecule has 1 unspecified atom stereocenters. The molecule has 0 bridgehead atoms. The number of ether oxygens (including phenoxy) is 3. The van der Waals surface area contributed by atoms with Crippen LogP contribution in [-0.4, -0.2) is 73.0 Å². The molecule has 2 fully saturated rings. The second-order valence-corrected chi connectivity index (χ2v) is 7.57. The van der Waals surface area contributed by atoms with Gasteiger partial charge in [-0.25, -0.2) is 4.39 Å². The van der Waals surface area contributed by atoms with E-state index in [1.807, 2.05) is 12.1 Å². The molecule has 2 aromatic rings. The van der Waals surface area contributed by atoms with E-state index in [1.165, 1.54) is 6.20 Å². The average molecular weight is 415 g/mol. The van der Waals surface area contributed by atoms with Crippen LogP contribution in [-0.2, 0) is 16.0 Å². The molecule has 3 heterocycles. The standard InChI is InChI=1S/C22H26FN3O4/c1-28-20-6-3-2-5-18(20)21(27)26-10-12-30-22(16-26)15-25(9-4-11-29-22)14-17-7-8-24-13-19(17)23/h2-3,5-8,13H,4,9-12,14-16H2,1H3. The fraction of sp³-hybridized carbons (Fsp3) is 0.455. The van der Waals surface area contributed by atoms with Crippen molar-refractivity contribution in [2.75, 3.05) is 46.5 Å². The number of methoxy groups -OCH3 is 1. The Labute approximate surface area is 175 Å². The Morgan fingerprint density at radius 2 is 2.03 bits per heavy atom. The smallest absolute Gasteiger partial charge is 0.257 e. The van der Waals surface area contributed by atoms with Crippen LogP contribution in [0, 0.1) is 5.82 Å². The zero-order valence-electron chi connectivity index (χ0n) is 17.1. The van der Waals surface area contributed by atoms with Crippen LogP contribution in [0.1, 0.15) is 22.3 Å². The van der Waals surface area contributed by atoms with Crippen LogP contribution in [0.5, 0.6) is 5.75 Å². The van der Waals surface area contributed by atoms with Gasteiger partial charge in [0.25, 0.3) is 5.91 Å². The second-order valence-electron chi connectivity index (χ2n) is 7.57. The van der Waals surface area contributed by atoms with Gasteiger partial charge in [-0.15, -0.1) is 0 Å². The third-order valence-electron chi connectivity index (χ3n) is 5.48. The maximum absolute atomic E-state index is 14.1. The number of halogens is 1. The molecular formula is C22H26FN3O4. The van der Waals surface area contributed by atoms with E-state index in [4.69, 9.17) is 14.2 Å². The molecule has 2 saturated heterocycles. The third kappa shape index (κ3) is 4.45. The zero-order chi connectivity index (χ0) is 21.0. The summed E-state index contributed by atoms with van der Waals surface area (Å²) in [5, 5.41) is 0. The first-order valence-electron chi connectivity index (χ1n) is 10.1. The molecule has 0 radical (unpaired) electrons. The highest BCUT2D eigenvalue weighted by Gasteiger charge is 2.42. The first-order valence-corrected chi connectivity index (χ1v) is 10.1. The van der Waals surface area contributed by atoms with Crippen molar-refractivity contribution < 1.29 is 23.4 Å². The van der Waals surface area contributed by atoms with E-state index in [2.05, 4.69) is 9.88 Å². The lowest BCUT2D eigenvalue weighted by atomic mass is 10.1. The molecule has 30 heavy (non-hydrogen) atoms. The Kier molecular flexibility index (Phi) is 6.26. The van der Waals surface area contributed by atoms with Gasteiger partial charge in [-0.3, -0.25) is 14.7 Å². The quantitative estimate of drug-likeness (QED) is 0.764. The van der Waals surface area contributed by atoms with Gasteiger partial charge in [0.2, 0.25) is 0 Å². The summed E-state index contributed by atoms with van der Waals surface area (Å²) in [5.41, 5.74) is 1.10. The lowest BCUT2D eigenvalue weighted by Crippen LogP contribution is -2.59. The van der Waals surface area contributed by atoms with Crippen LogP contribution in [0.15, 0.2) is 42.7 Å². The number of rotatable bonds is 4. The predicted octanol–water partition coefficient (Wildman–Crippen LogP) is 2.32. The van der Waals surface area contributed by atoms with Crippen LogP contribution in [0.3, 0.4) is 0 Å². The van der Waals surface area contributed by atoms with Crippen molar-refractivity contribution in [1.82, 2.24) is 14.8 Å². The molecule has 1 amide bonds. The van der Waals surface area contributed by atoms with Gasteiger partial charge in [0.15, 0.2) is 5.79 Å². The zero-order valence-corrected chi connectivity index (χ0v) is 17.1. The number of benzene rings is 1. The van der Waals surface area contributed by atoms with E-state index < -0.39 is 5.79 Å². The molecule has 1 aromatic carbocycles. The van der Waals surface area contributed by atoms with Gasteiger partial charge in [-0.1, -0.05) is 12.1 Å². The first kappa shape index (κ1) is 20.7. The number of para-hydroxylation sites is 1. The van der Waals surface area contributed by atoms with Crippen molar-refractivity contribution in [1.29, 1.82) is 0 Å². The van der Waals surface area contributed by atoms with Gasteiger partial charge < -0.3 is 19.1 Å². The van der Waals surface area contributed by atoms with E-state index in [1.54, 1.807) is 36.4 Å². The number of nitrogens with zero attached hydrogens (tertiary/aromatic N) is 3. The van der Waals surface area contributed by atoms with Gasteiger partial charge in [-0.2, -0.15) is 0 Å². The summed E-state index contributed by atoms with van der Waals surface area (Å²) >= 11 is 0. The topological polar surface area (TPSA) is 64.1 Å². The lowest BCUT2D eigenvalue weighted by Gasteiger charge is -2.43. The first-order chi connectivity index (χ1) is 14.6. The molecule has 0 saturated carbocycles. The Morgan fingerprint density at radius 1 is 1.20 bits per heavy atom. The SMILES string of the molecule is COc1ccccc1C(=O)N1CCOC2(CN(Cc3ccncc3F)CCCO2)C1. The molecule has 1 atom stereocenters. The minimum atomic E-state index is -0.935. The number of carbonyl (C=O) groups excluding carboxylic acids is 1. The van der Waals surface area contributed by atoms with Crippen molar-refractivity contribution in [2.45, 2.75) is 18.8 Å². The number of pyridine rings is 1. The highest BCUT2D eigenvalue weighted by molar-refractivity contribution is 5.97. The summed E-state index contributed by atoms with van der Waals surface area (Å²) in [6.07, 6.45) is 3.62. The summed E-state index contributed by atoms with van der Waals surface area (Å²) in [4.78, 5) is 20.8. The number of hydrogen-bond donors (Lipinski definition) is 0. The number of aromatic nitrogens is 1. The molecule has 4 rings (SSSR count). The molecular weight excluding hydrogens is 389 g/mol. The molecule has 1 aromatic heterocycles. The Balaban J connectivity index is 1.51. The van der Waals surface area contributed by atoms with E-state index in [9.17, 15) is 9.18 Å². The monoisotopic (exact) mass is 415 g/mol. The van der Waals surface area contributed by atoms with E-state index in [0.717, 1.165) is 13.0 Å². The average Bonchev–Trinajstić information content (AvgIpc) is 2.96. The largest absolute Gasteiger partial charge is 0.496 e. The van der Waals surface area contributed by atoms with Crippen molar-refractivity contribution in [3.8, 4) is 5.75 Å². The van der Waals surface area contributed by atoms with Crippen LogP contribution in [0.4, 0.5) is 4.39 Å². The number of amides is 1. The molecule has 1 spiro atoms. The molecule has 8 heteroatoms. The summed E-state index contributed by atoms with van der Waals surface area (Å²) in [7, 11) is 1.55. The van der Waals surface area contributed by atoms with Crippen LogP contribution in [0.25, 0.3) is 0 Å². The van der Waals surface area contributed by atoms with Crippen molar-refractivity contribution in [3.63, 3.8) is 0 Å². The van der Waals surface area contributed by atoms with E-state index >= 15 is 0 Å². The number of carbonyl (C=O) groups is 1. The van der Waals surface area contributed by atoms with Crippen LogP contribution >= 0.6 is 0 Å². The van der Waals surface area contributed by atoms with E-state index in [0.29, 0.717) is 56.3 Å². The summed E-state index contributed by atoms with van der Waals surface area (Å²) in [6.45, 7) is 3.31. The summed E-state index contributed by atoms with van der Waals surface area (Å²) in [6, 6.07) is 8.87. The van der Waals surface area contributed by atoms with Gasteiger partial charge in [0, 0.05) is 31.4 Å². The molecule has 160 valence electrons. The minimum absolute atomic E-state index is 0.116. The fourth-order valence-electron chi connectivity index (χ4n) is 4.03. The molecule has 0 aliphatic carbocycles. The van der Waals surface area contributed by atoms with Crippen LogP contribution < -0.4 is 4.74 Å². The Hall–Kier alpha value is -2.55. The summed E-state index contributed by atoms with van der Waals surface area (Å²) < 4.78 is 31.6. The Bertz CT molecular complexity index is 896. The predicted molar refractivity (Wildman–Crippen MR) is 108 cm³/mol. The van der Waals surface area contributed by atoms with Crippen molar-refractivity contribution >= 4 is 5.91 Å². The highest BCUT2D eigenvalue weighted by atomic mass is 19.1. The van der Waals surface area contributed by atoms with Gasteiger partial charge in [0.1, 0.15) is 11.6 Å². The van der Waals surface area contributed by atoms with Gasteiger partial charge in [-0.05, 0) is 24.6 Å². The minimum Gasteiger partial charge on any atom is -0.496 e. The van der Waals surface area contributed by atoms with E-state index in [-0.39, 0.29) is 11.7 Å². The summed E-state index contributed by atoms with van der Waals surface area (Å²) in [5.74, 6) is -0.834. The number of morpholine rings is 1. The normalized spacial score (nSPS) is 22.7. The lowest BCUT2D eigenvalue weighted by molar-refractivity contribution is -0.261. The molecule has 0 N–H and O–H groups in total. The fourth-order valence-corrected chi connectivity index (χ4v) is 4.03. The maximum Gasteiger partial charge on any atom is 0.257 e. The molecule has 2 aliphatic heterocycles. The van der Waals surface area contributed by atoms with Crippen molar-refractivity contribution in [3.05, 3.63) is 59.7 Å². The van der Waals surface area contributed by atoms with Crippen molar-refractivity contribution in [2.24, 2.45) is 0 Å². The van der Waals surface area contributed by atoms with Gasteiger partial charge in [0.05, 0.1) is 45.2 Å². The maximum atomic E-state index is 14.1. The number of hydrogen-bond acceptors (Lipinski definition) is 6. The van der Waals surface area contributed by atoms with Crippen LogP contribution in [0.2, 0.25) is 0 Å². The van der Waals surface area contributed by atoms with Gasteiger partial charge >= 0.3 is 0 Å².